The summed E-state index contributed by atoms with van der Waals surface area (Å²) in [5.41, 5.74) is 3.24. The van der Waals surface area contributed by atoms with Gasteiger partial charge in [-0.1, -0.05) is 24.3 Å². The molecule has 1 aliphatic rings. The molecule has 2 aromatic rings. The molecular formula is C19H22O4S. The monoisotopic (exact) mass is 346 g/mol. The summed E-state index contributed by atoms with van der Waals surface area (Å²) in [4.78, 5) is 0.247. The molecule has 1 atom stereocenters. The zero-order valence-electron chi connectivity index (χ0n) is 13.7. The van der Waals surface area contributed by atoms with Gasteiger partial charge in [-0.2, -0.15) is 0 Å². The fraction of sp³-hybridized carbons (Fsp3) is 0.368. The first-order valence-corrected chi connectivity index (χ1v) is 10.1. The van der Waals surface area contributed by atoms with Crippen LogP contribution in [0.25, 0.3) is 0 Å². The van der Waals surface area contributed by atoms with Gasteiger partial charge in [-0.05, 0) is 60.6 Å². The van der Waals surface area contributed by atoms with Gasteiger partial charge in [0.2, 0.25) is 0 Å². The van der Waals surface area contributed by atoms with Crippen LogP contribution in [-0.2, 0) is 22.7 Å². The molecule has 0 fully saturated rings. The Balaban J connectivity index is 1.69. The lowest BCUT2D eigenvalue weighted by Gasteiger charge is -2.20. The summed E-state index contributed by atoms with van der Waals surface area (Å²) in [6, 6.07) is 12.4. The minimum atomic E-state index is -3.22. The third-order valence-corrected chi connectivity index (χ3v) is 5.57. The minimum absolute atomic E-state index is 0.147. The number of fused-ring (bicyclic) bond motifs is 1. The van der Waals surface area contributed by atoms with Crippen LogP contribution in [0.15, 0.2) is 47.4 Å². The zero-order valence-corrected chi connectivity index (χ0v) is 14.6. The number of ether oxygens (including phenoxy) is 1. The molecule has 128 valence electrons. The molecule has 1 aliphatic carbocycles. The number of aliphatic hydroxyl groups excluding tert-OH is 1. The van der Waals surface area contributed by atoms with Crippen LogP contribution >= 0.6 is 0 Å². The van der Waals surface area contributed by atoms with E-state index in [0.717, 1.165) is 18.6 Å². The third kappa shape index (κ3) is 3.79. The Morgan fingerprint density at radius 1 is 1.08 bits per heavy atom. The second-order valence-electron chi connectivity index (χ2n) is 6.27. The molecule has 0 spiro atoms. The highest BCUT2D eigenvalue weighted by Gasteiger charge is 2.16. The lowest BCUT2D eigenvalue weighted by Crippen LogP contribution is -2.12. The topological polar surface area (TPSA) is 63.6 Å². The standard InChI is InChI=1S/C19H22O4S/c1-24(21,22)16-11-9-15(10-12-16)18(20)13-23-19-8-4-6-14-5-2-3-7-17(14)19/h4,6,8-12,18,20H,2-3,5,7,13H2,1H3. The molecule has 3 rings (SSSR count). The van der Waals surface area contributed by atoms with Gasteiger partial charge in [0.1, 0.15) is 18.5 Å². The highest BCUT2D eigenvalue weighted by Crippen LogP contribution is 2.30. The van der Waals surface area contributed by atoms with E-state index in [4.69, 9.17) is 4.74 Å². The maximum absolute atomic E-state index is 11.5. The lowest BCUT2D eigenvalue weighted by molar-refractivity contribution is 0.107. The van der Waals surface area contributed by atoms with Crippen LogP contribution in [0.5, 0.6) is 5.75 Å². The Labute approximate surface area is 143 Å². The fourth-order valence-electron chi connectivity index (χ4n) is 3.08. The number of hydrogen-bond acceptors (Lipinski definition) is 4. The van der Waals surface area contributed by atoms with Crippen LogP contribution in [-0.4, -0.2) is 26.4 Å². The van der Waals surface area contributed by atoms with Crippen molar-refractivity contribution in [2.24, 2.45) is 0 Å². The van der Waals surface area contributed by atoms with E-state index in [1.54, 1.807) is 12.1 Å². The Bertz CT molecular complexity index is 810. The number of aryl methyl sites for hydroxylation is 1. The molecule has 1 N–H and O–H groups in total. The van der Waals surface area contributed by atoms with Crippen molar-refractivity contribution in [3.8, 4) is 5.75 Å². The van der Waals surface area contributed by atoms with Crippen LogP contribution in [0, 0.1) is 0 Å². The van der Waals surface area contributed by atoms with Gasteiger partial charge in [0.05, 0.1) is 4.90 Å². The first kappa shape index (κ1) is 17.0. The average Bonchev–Trinajstić information content (AvgIpc) is 2.59. The van der Waals surface area contributed by atoms with Gasteiger partial charge in [0, 0.05) is 6.26 Å². The van der Waals surface area contributed by atoms with Crippen molar-refractivity contribution < 1.29 is 18.3 Å². The summed E-state index contributed by atoms with van der Waals surface area (Å²) < 4.78 is 28.8. The van der Waals surface area contributed by atoms with E-state index >= 15 is 0 Å². The summed E-state index contributed by atoms with van der Waals surface area (Å²) in [7, 11) is -3.22. The molecule has 4 nitrogen and oxygen atoms in total. The van der Waals surface area contributed by atoms with Gasteiger partial charge >= 0.3 is 0 Å². The molecule has 0 radical (unpaired) electrons. The SMILES string of the molecule is CS(=O)(=O)c1ccc(C(O)COc2cccc3c2CCCC3)cc1. The van der Waals surface area contributed by atoms with Crippen LogP contribution < -0.4 is 4.74 Å². The smallest absolute Gasteiger partial charge is 0.175 e. The number of rotatable bonds is 5. The van der Waals surface area contributed by atoms with Gasteiger partial charge in [-0.3, -0.25) is 0 Å². The van der Waals surface area contributed by atoms with Crippen molar-refractivity contribution >= 4 is 9.84 Å². The average molecular weight is 346 g/mol. The van der Waals surface area contributed by atoms with Crippen molar-refractivity contribution in [1.82, 2.24) is 0 Å². The number of aliphatic hydroxyl groups is 1. The molecular weight excluding hydrogens is 324 g/mol. The van der Waals surface area contributed by atoms with E-state index in [9.17, 15) is 13.5 Å². The zero-order chi connectivity index (χ0) is 17.2. The summed E-state index contributed by atoms with van der Waals surface area (Å²) in [5.74, 6) is 0.846. The van der Waals surface area contributed by atoms with Crippen LogP contribution in [0.3, 0.4) is 0 Å². The first-order valence-electron chi connectivity index (χ1n) is 8.17. The van der Waals surface area contributed by atoms with Gasteiger partial charge in [0.25, 0.3) is 0 Å². The predicted octanol–water partition coefficient (Wildman–Crippen LogP) is 3.08. The van der Waals surface area contributed by atoms with Gasteiger partial charge < -0.3 is 9.84 Å². The van der Waals surface area contributed by atoms with Gasteiger partial charge in [0.15, 0.2) is 9.84 Å². The van der Waals surface area contributed by atoms with E-state index < -0.39 is 15.9 Å². The Morgan fingerprint density at radius 3 is 2.50 bits per heavy atom. The predicted molar refractivity (Wildman–Crippen MR) is 93.1 cm³/mol. The van der Waals surface area contributed by atoms with E-state index in [1.807, 2.05) is 12.1 Å². The van der Waals surface area contributed by atoms with E-state index in [-0.39, 0.29) is 11.5 Å². The molecule has 0 saturated carbocycles. The molecule has 0 heterocycles. The van der Waals surface area contributed by atoms with E-state index in [2.05, 4.69) is 6.07 Å². The third-order valence-electron chi connectivity index (χ3n) is 4.44. The molecule has 0 amide bonds. The highest BCUT2D eigenvalue weighted by molar-refractivity contribution is 7.90. The molecule has 0 saturated heterocycles. The van der Waals surface area contributed by atoms with Crippen LogP contribution in [0.4, 0.5) is 0 Å². The fourth-order valence-corrected chi connectivity index (χ4v) is 3.71. The number of sulfone groups is 1. The summed E-state index contributed by atoms with van der Waals surface area (Å²) >= 11 is 0. The normalized spacial score (nSPS) is 15.6. The van der Waals surface area contributed by atoms with Crippen molar-refractivity contribution in [3.63, 3.8) is 0 Å². The Hall–Kier alpha value is -1.85. The quantitative estimate of drug-likeness (QED) is 0.904. The highest BCUT2D eigenvalue weighted by atomic mass is 32.2. The lowest BCUT2D eigenvalue weighted by atomic mass is 9.91. The molecule has 1 unspecified atom stereocenters. The molecule has 24 heavy (non-hydrogen) atoms. The minimum Gasteiger partial charge on any atom is -0.490 e. The molecule has 2 aromatic carbocycles. The number of hydrogen-bond donors (Lipinski definition) is 1. The summed E-state index contributed by atoms with van der Waals surface area (Å²) in [6.07, 6.45) is 4.86. The Kier molecular flexibility index (Phi) is 4.92. The van der Waals surface area contributed by atoms with Crippen molar-refractivity contribution in [2.75, 3.05) is 12.9 Å². The summed E-state index contributed by atoms with van der Waals surface area (Å²) in [6.45, 7) is 0.147. The number of benzene rings is 2. The molecule has 5 heteroatoms. The van der Waals surface area contributed by atoms with Crippen LogP contribution in [0.2, 0.25) is 0 Å². The maximum Gasteiger partial charge on any atom is 0.175 e. The maximum atomic E-state index is 11.5. The van der Waals surface area contributed by atoms with Gasteiger partial charge in [-0.25, -0.2) is 8.42 Å². The second-order valence-corrected chi connectivity index (χ2v) is 8.28. The molecule has 0 aliphatic heterocycles. The molecule has 0 aromatic heterocycles. The van der Waals surface area contributed by atoms with Crippen molar-refractivity contribution in [1.29, 1.82) is 0 Å². The Morgan fingerprint density at radius 2 is 1.79 bits per heavy atom. The van der Waals surface area contributed by atoms with E-state index in [1.165, 1.54) is 42.4 Å². The largest absolute Gasteiger partial charge is 0.490 e. The van der Waals surface area contributed by atoms with E-state index in [0.29, 0.717) is 5.56 Å². The second kappa shape index (κ2) is 6.95. The van der Waals surface area contributed by atoms with Crippen LogP contribution in [0.1, 0.15) is 35.6 Å². The summed E-state index contributed by atoms with van der Waals surface area (Å²) in [5, 5.41) is 10.3. The van der Waals surface area contributed by atoms with Crippen molar-refractivity contribution in [3.05, 3.63) is 59.2 Å². The molecule has 0 bridgehead atoms. The van der Waals surface area contributed by atoms with Gasteiger partial charge in [-0.15, -0.1) is 0 Å². The first-order chi connectivity index (χ1) is 11.4. The van der Waals surface area contributed by atoms with Crippen molar-refractivity contribution in [2.45, 2.75) is 36.7 Å².